The third-order valence-electron chi connectivity index (χ3n) is 2.51. The average Bonchev–Trinajstić information content (AvgIpc) is 3.02. The highest BCUT2D eigenvalue weighted by atomic mass is 32.1. The lowest BCUT2D eigenvalue weighted by atomic mass is 10.2. The van der Waals surface area contributed by atoms with E-state index in [2.05, 4.69) is 15.1 Å². The molecule has 3 rings (SSSR count). The molecule has 0 aliphatic heterocycles. The standard InChI is InChI=1S/C12H11N5S/c13-10-3-1-9(2-4-10)12-15-7-17(16-12)6-11-5-14-8-18-11/h1-5,7-8H,6,13H2. The lowest BCUT2D eigenvalue weighted by Gasteiger charge is -1.97. The fourth-order valence-corrected chi connectivity index (χ4v) is 2.20. The van der Waals surface area contributed by atoms with Crippen LogP contribution < -0.4 is 5.73 Å². The summed E-state index contributed by atoms with van der Waals surface area (Å²) in [4.78, 5) is 9.48. The Kier molecular flexibility index (Phi) is 2.77. The first-order valence-electron chi connectivity index (χ1n) is 5.44. The van der Waals surface area contributed by atoms with Gasteiger partial charge in [-0.25, -0.2) is 9.67 Å². The molecule has 0 saturated heterocycles. The highest BCUT2D eigenvalue weighted by Crippen LogP contribution is 2.16. The van der Waals surface area contributed by atoms with Gasteiger partial charge in [0.05, 0.1) is 12.1 Å². The van der Waals surface area contributed by atoms with Crippen molar-refractivity contribution in [1.82, 2.24) is 19.7 Å². The zero-order valence-electron chi connectivity index (χ0n) is 9.52. The van der Waals surface area contributed by atoms with Crippen LogP contribution in [0, 0.1) is 0 Å². The van der Waals surface area contributed by atoms with Gasteiger partial charge in [-0.05, 0) is 24.3 Å². The number of nitrogen functional groups attached to an aromatic ring is 1. The Bertz CT molecular complexity index is 627. The molecule has 0 fully saturated rings. The molecule has 0 aliphatic carbocycles. The topological polar surface area (TPSA) is 69.6 Å². The molecule has 0 radical (unpaired) electrons. The molecule has 1 aromatic carbocycles. The van der Waals surface area contributed by atoms with Gasteiger partial charge in [0, 0.05) is 22.3 Å². The zero-order valence-corrected chi connectivity index (χ0v) is 10.3. The molecule has 0 aliphatic rings. The molecule has 2 heterocycles. The van der Waals surface area contributed by atoms with Crippen molar-refractivity contribution >= 4 is 17.0 Å². The number of benzene rings is 1. The molecule has 18 heavy (non-hydrogen) atoms. The van der Waals surface area contributed by atoms with Crippen LogP contribution in [-0.4, -0.2) is 19.7 Å². The van der Waals surface area contributed by atoms with Crippen LogP contribution in [0.2, 0.25) is 0 Å². The van der Waals surface area contributed by atoms with Gasteiger partial charge in [-0.2, -0.15) is 5.10 Å². The molecule has 2 N–H and O–H groups in total. The van der Waals surface area contributed by atoms with Gasteiger partial charge in [0.1, 0.15) is 6.33 Å². The van der Waals surface area contributed by atoms with Gasteiger partial charge in [0.25, 0.3) is 0 Å². The maximum Gasteiger partial charge on any atom is 0.181 e. The van der Waals surface area contributed by atoms with Gasteiger partial charge in [-0.1, -0.05) is 0 Å². The van der Waals surface area contributed by atoms with Crippen molar-refractivity contribution in [1.29, 1.82) is 0 Å². The second-order valence-electron chi connectivity index (χ2n) is 3.86. The number of anilines is 1. The molecule has 6 heteroatoms. The molecule has 3 aromatic rings. The van der Waals surface area contributed by atoms with Crippen LogP contribution in [0.25, 0.3) is 11.4 Å². The number of hydrogen-bond acceptors (Lipinski definition) is 5. The first-order chi connectivity index (χ1) is 8.81. The van der Waals surface area contributed by atoms with Gasteiger partial charge in [-0.3, -0.25) is 4.98 Å². The van der Waals surface area contributed by atoms with Gasteiger partial charge < -0.3 is 5.73 Å². The molecule has 0 unspecified atom stereocenters. The molecule has 90 valence electrons. The van der Waals surface area contributed by atoms with Crippen molar-refractivity contribution in [2.45, 2.75) is 6.54 Å². The van der Waals surface area contributed by atoms with E-state index in [1.54, 1.807) is 22.3 Å². The maximum atomic E-state index is 5.65. The van der Waals surface area contributed by atoms with Crippen molar-refractivity contribution in [2.24, 2.45) is 0 Å². The van der Waals surface area contributed by atoms with E-state index in [1.165, 1.54) is 0 Å². The Labute approximate surface area is 108 Å². The lowest BCUT2D eigenvalue weighted by Crippen LogP contribution is -1.98. The Morgan fingerprint density at radius 2 is 2.06 bits per heavy atom. The first kappa shape index (κ1) is 10.9. The van der Waals surface area contributed by atoms with E-state index in [0.29, 0.717) is 12.4 Å². The van der Waals surface area contributed by atoms with E-state index in [0.717, 1.165) is 16.1 Å². The quantitative estimate of drug-likeness (QED) is 0.729. The van der Waals surface area contributed by atoms with Crippen molar-refractivity contribution < 1.29 is 0 Å². The summed E-state index contributed by atoms with van der Waals surface area (Å²) in [7, 11) is 0. The van der Waals surface area contributed by atoms with E-state index < -0.39 is 0 Å². The molecular formula is C12H11N5S. The number of thiazole rings is 1. The Morgan fingerprint density at radius 1 is 1.22 bits per heavy atom. The fourth-order valence-electron chi connectivity index (χ4n) is 1.62. The predicted octanol–water partition coefficient (Wildman–Crippen LogP) is 2.03. The third-order valence-corrected chi connectivity index (χ3v) is 3.27. The van der Waals surface area contributed by atoms with Gasteiger partial charge in [-0.15, -0.1) is 11.3 Å². The summed E-state index contributed by atoms with van der Waals surface area (Å²) in [6.45, 7) is 0.701. The summed E-state index contributed by atoms with van der Waals surface area (Å²) in [5.41, 5.74) is 9.17. The summed E-state index contributed by atoms with van der Waals surface area (Å²) >= 11 is 1.61. The highest BCUT2D eigenvalue weighted by Gasteiger charge is 2.05. The van der Waals surface area contributed by atoms with Crippen LogP contribution in [0.3, 0.4) is 0 Å². The van der Waals surface area contributed by atoms with Crippen molar-refractivity contribution in [2.75, 3.05) is 5.73 Å². The highest BCUT2D eigenvalue weighted by molar-refractivity contribution is 7.09. The van der Waals surface area contributed by atoms with Crippen LogP contribution in [-0.2, 0) is 6.54 Å². The van der Waals surface area contributed by atoms with E-state index in [9.17, 15) is 0 Å². The summed E-state index contributed by atoms with van der Waals surface area (Å²) in [5, 5.41) is 4.43. The molecule has 2 aromatic heterocycles. The summed E-state index contributed by atoms with van der Waals surface area (Å²) < 4.78 is 1.80. The van der Waals surface area contributed by atoms with Crippen LogP contribution in [0.1, 0.15) is 4.88 Å². The van der Waals surface area contributed by atoms with E-state index in [4.69, 9.17) is 5.73 Å². The fraction of sp³-hybridized carbons (Fsp3) is 0.0833. The Hall–Kier alpha value is -2.21. The normalized spacial score (nSPS) is 10.7. The van der Waals surface area contributed by atoms with Crippen LogP contribution in [0.15, 0.2) is 42.3 Å². The Morgan fingerprint density at radius 3 is 2.78 bits per heavy atom. The van der Waals surface area contributed by atoms with E-state index in [-0.39, 0.29) is 0 Å². The van der Waals surface area contributed by atoms with Crippen molar-refractivity contribution in [3.05, 3.63) is 47.2 Å². The van der Waals surface area contributed by atoms with Crippen LogP contribution in [0.4, 0.5) is 5.69 Å². The van der Waals surface area contributed by atoms with E-state index in [1.807, 2.05) is 36.0 Å². The number of nitrogens with zero attached hydrogens (tertiary/aromatic N) is 4. The molecule has 0 atom stereocenters. The average molecular weight is 257 g/mol. The minimum atomic E-state index is 0.701. The number of nitrogens with two attached hydrogens (primary N) is 1. The van der Waals surface area contributed by atoms with Crippen molar-refractivity contribution in [3.8, 4) is 11.4 Å². The maximum absolute atomic E-state index is 5.65. The van der Waals surface area contributed by atoms with Crippen molar-refractivity contribution in [3.63, 3.8) is 0 Å². The second kappa shape index (κ2) is 4.58. The SMILES string of the molecule is Nc1ccc(-c2ncn(Cc3cncs3)n2)cc1. The minimum Gasteiger partial charge on any atom is -0.399 e. The number of aromatic nitrogens is 4. The monoisotopic (exact) mass is 257 g/mol. The molecule has 0 saturated carbocycles. The predicted molar refractivity (Wildman–Crippen MR) is 71.1 cm³/mol. The third kappa shape index (κ3) is 2.23. The molecular weight excluding hydrogens is 246 g/mol. The van der Waals surface area contributed by atoms with Crippen LogP contribution >= 0.6 is 11.3 Å². The number of rotatable bonds is 3. The van der Waals surface area contributed by atoms with Gasteiger partial charge >= 0.3 is 0 Å². The largest absolute Gasteiger partial charge is 0.399 e. The van der Waals surface area contributed by atoms with Crippen LogP contribution in [0.5, 0.6) is 0 Å². The summed E-state index contributed by atoms with van der Waals surface area (Å²) in [6, 6.07) is 7.53. The first-order valence-corrected chi connectivity index (χ1v) is 6.32. The number of hydrogen-bond donors (Lipinski definition) is 1. The molecule has 0 spiro atoms. The molecule has 0 bridgehead atoms. The second-order valence-corrected chi connectivity index (χ2v) is 4.83. The zero-order chi connectivity index (χ0) is 12.4. The minimum absolute atomic E-state index is 0.701. The van der Waals surface area contributed by atoms with Gasteiger partial charge in [0.15, 0.2) is 5.82 Å². The van der Waals surface area contributed by atoms with Gasteiger partial charge in [0.2, 0.25) is 0 Å². The summed E-state index contributed by atoms with van der Waals surface area (Å²) in [6.07, 6.45) is 3.57. The molecule has 5 nitrogen and oxygen atoms in total. The Balaban J connectivity index is 1.83. The summed E-state index contributed by atoms with van der Waals surface area (Å²) in [5.74, 6) is 0.708. The van der Waals surface area contributed by atoms with E-state index >= 15 is 0 Å². The molecule has 0 amide bonds. The lowest BCUT2D eigenvalue weighted by molar-refractivity contribution is 0.694. The smallest absolute Gasteiger partial charge is 0.181 e.